The average Bonchev–Trinajstić information content (AvgIpc) is 3.30. The molecule has 25 heavy (non-hydrogen) atoms. The normalized spacial score (nSPS) is 16.2. The van der Waals surface area contributed by atoms with Crippen molar-refractivity contribution in [3.8, 4) is 0 Å². The van der Waals surface area contributed by atoms with Crippen molar-refractivity contribution in [1.29, 1.82) is 0 Å². The molecule has 1 aliphatic rings. The summed E-state index contributed by atoms with van der Waals surface area (Å²) in [6.45, 7) is 0. The van der Waals surface area contributed by atoms with Crippen LogP contribution >= 0.6 is 15.9 Å². The number of hydrogen-bond acceptors (Lipinski definition) is 3. The number of hydrogen-bond donors (Lipinski definition) is 1. The average molecular weight is 411 g/mol. The zero-order valence-corrected chi connectivity index (χ0v) is 14.5. The van der Waals surface area contributed by atoms with Crippen LogP contribution in [0.4, 0.5) is 18.9 Å². The number of rotatable bonds is 4. The van der Waals surface area contributed by atoms with E-state index in [0.29, 0.717) is 21.9 Å². The maximum atomic E-state index is 13.6. The van der Waals surface area contributed by atoms with E-state index in [4.69, 9.17) is 0 Å². The Morgan fingerprint density at radius 2 is 2.00 bits per heavy atom. The van der Waals surface area contributed by atoms with Gasteiger partial charge in [-0.25, -0.2) is 9.97 Å². The van der Waals surface area contributed by atoms with Crippen molar-refractivity contribution in [2.24, 2.45) is 0 Å². The van der Waals surface area contributed by atoms with Crippen LogP contribution in [0, 0.1) is 0 Å². The number of nitrogens with zero attached hydrogens (tertiary/aromatic N) is 3. The largest absolute Gasteiger partial charge is 0.414 e. The van der Waals surface area contributed by atoms with Gasteiger partial charge in [0.2, 0.25) is 0 Å². The quantitative estimate of drug-likeness (QED) is 0.609. The Morgan fingerprint density at radius 1 is 1.20 bits per heavy atom. The summed E-state index contributed by atoms with van der Waals surface area (Å²) in [7, 11) is 0. The van der Waals surface area contributed by atoms with Crippen LogP contribution in [-0.2, 0) is 0 Å². The van der Waals surface area contributed by atoms with Crippen LogP contribution < -0.4 is 5.32 Å². The molecule has 1 saturated carbocycles. The molecule has 8 heteroatoms. The van der Waals surface area contributed by atoms with E-state index >= 15 is 0 Å². The molecule has 4 nitrogen and oxygen atoms in total. The summed E-state index contributed by atoms with van der Waals surface area (Å²) >= 11 is 3.16. The summed E-state index contributed by atoms with van der Waals surface area (Å²) in [6.07, 6.45) is 2.55. The van der Waals surface area contributed by atoms with Gasteiger partial charge in [-0.1, -0.05) is 6.07 Å². The molecule has 0 saturated heterocycles. The molecule has 0 radical (unpaired) electrons. The van der Waals surface area contributed by atoms with E-state index in [0.717, 1.165) is 18.4 Å². The smallest absolute Gasteiger partial charge is 0.369 e. The van der Waals surface area contributed by atoms with Crippen molar-refractivity contribution in [2.45, 2.75) is 31.0 Å². The van der Waals surface area contributed by atoms with Crippen molar-refractivity contribution in [3.05, 3.63) is 58.7 Å². The highest BCUT2D eigenvalue weighted by Gasteiger charge is 2.42. The Bertz CT molecular complexity index is 918. The van der Waals surface area contributed by atoms with Gasteiger partial charge in [0.25, 0.3) is 0 Å². The fourth-order valence-corrected chi connectivity index (χ4v) is 3.17. The van der Waals surface area contributed by atoms with Crippen molar-refractivity contribution in [1.82, 2.24) is 14.4 Å². The third-order valence-electron chi connectivity index (χ3n) is 4.20. The van der Waals surface area contributed by atoms with Crippen molar-refractivity contribution >= 4 is 27.3 Å². The molecule has 1 aliphatic carbocycles. The molecule has 0 spiro atoms. The highest BCUT2D eigenvalue weighted by atomic mass is 79.9. The monoisotopic (exact) mass is 410 g/mol. The maximum Gasteiger partial charge on any atom is 0.414 e. The lowest BCUT2D eigenvalue weighted by Crippen LogP contribution is -2.28. The molecule has 1 unspecified atom stereocenters. The minimum absolute atomic E-state index is 0.0617. The van der Waals surface area contributed by atoms with Gasteiger partial charge in [-0.05, 0) is 58.5 Å². The number of fused-ring (bicyclic) bond motifs is 1. The first-order chi connectivity index (χ1) is 11.9. The fourth-order valence-electron chi connectivity index (χ4n) is 2.81. The number of anilines is 1. The minimum Gasteiger partial charge on any atom is -0.369 e. The molecule has 3 aromatic heterocycles. The van der Waals surface area contributed by atoms with Crippen LogP contribution in [0.1, 0.15) is 36.1 Å². The summed E-state index contributed by atoms with van der Waals surface area (Å²) in [5.41, 5.74) is 1.91. The fraction of sp³-hybridized carbons (Fsp3) is 0.294. The van der Waals surface area contributed by atoms with E-state index in [2.05, 4.69) is 31.2 Å². The molecule has 0 aromatic carbocycles. The van der Waals surface area contributed by atoms with E-state index < -0.39 is 12.2 Å². The minimum atomic E-state index is -4.48. The molecule has 3 heterocycles. The second kappa shape index (κ2) is 6.01. The maximum absolute atomic E-state index is 13.6. The lowest BCUT2D eigenvalue weighted by atomic mass is 10.2. The molecule has 3 aromatic rings. The molecule has 4 rings (SSSR count). The second-order valence-electron chi connectivity index (χ2n) is 6.15. The van der Waals surface area contributed by atoms with Gasteiger partial charge in [0.1, 0.15) is 10.3 Å². The van der Waals surface area contributed by atoms with Crippen LogP contribution in [-0.4, -0.2) is 20.5 Å². The Labute approximate surface area is 150 Å². The molecule has 0 aliphatic heterocycles. The van der Waals surface area contributed by atoms with Gasteiger partial charge in [-0.3, -0.25) is 0 Å². The Kier molecular flexibility index (Phi) is 3.94. The summed E-state index contributed by atoms with van der Waals surface area (Å²) in [5.74, 6) is 0.529. The van der Waals surface area contributed by atoms with Crippen LogP contribution in [0.5, 0.6) is 0 Å². The van der Waals surface area contributed by atoms with E-state index in [9.17, 15) is 13.2 Å². The predicted molar refractivity (Wildman–Crippen MR) is 91.5 cm³/mol. The van der Waals surface area contributed by atoms with Crippen LogP contribution in [0.25, 0.3) is 5.65 Å². The van der Waals surface area contributed by atoms with E-state index in [1.165, 1.54) is 24.5 Å². The first kappa shape index (κ1) is 16.4. The molecule has 1 N–H and O–H groups in total. The lowest BCUT2D eigenvalue weighted by Gasteiger charge is -2.21. The van der Waals surface area contributed by atoms with Gasteiger partial charge in [0.15, 0.2) is 6.04 Å². The number of pyridine rings is 2. The Balaban J connectivity index is 1.70. The Hall–Kier alpha value is -2.09. The third-order valence-corrected chi connectivity index (χ3v) is 4.64. The zero-order valence-electron chi connectivity index (χ0n) is 13.0. The van der Waals surface area contributed by atoms with Crippen molar-refractivity contribution in [3.63, 3.8) is 0 Å². The summed E-state index contributed by atoms with van der Waals surface area (Å²) in [6, 6.07) is 4.81. The van der Waals surface area contributed by atoms with Gasteiger partial charge < -0.3 is 9.72 Å². The third kappa shape index (κ3) is 3.49. The number of aromatic nitrogens is 3. The summed E-state index contributed by atoms with van der Waals surface area (Å²) in [5, 5.41) is 2.52. The number of imidazole rings is 1. The SMILES string of the molecule is FC(F)(F)C(Nc1ccnc(Br)c1)c1cn2cc(C3CC3)ccc2n1. The van der Waals surface area contributed by atoms with Gasteiger partial charge in [0.05, 0.1) is 5.69 Å². The topological polar surface area (TPSA) is 42.2 Å². The zero-order chi connectivity index (χ0) is 17.6. The van der Waals surface area contributed by atoms with Crippen molar-refractivity contribution in [2.75, 3.05) is 5.32 Å². The van der Waals surface area contributed by atoms with E-state index in [1.54, 1.807) is 10.5 Å². The van der Waals surface area contributed by atoms with Crippen molar-refractivity contribution < 1.29 is 13.2 Å². The van der Waals surface area contributed by atoms with Gasteiger partial charge in [-0.2, -0.15) is 13.2 Å². The van der Waals surface area contributed by atoms with Gasteiger partial charge in [0, 0.05) is 24.3 Å². The number of halogens is 4. The van der Waals surface area contributed by atoms with Crippen LogP contribution in [0.3, 0.4) is 0 Å². The van der Waals surface area contributed by atoms with E-state index in [-0.39, 0.29) is 5.69 Å². The number of nitrogens with one attached hydrogen (secondary N) is 1. The standard InChI is InChI=1S/C17H14BrF3N4/c18-14-7-12(5-6-22-14)23-16(17(19,20)21)13-9-25-8-11(10-1-2-10)3-4-15(25)24-13/h3-10,16H,1-2H2,(H,22,23). The van der Waals surface area contributed by atoms with Gasteiger partial charge in [-0.15, -0.1) is 0 Å². The molecule has 0 bridgehead atoms. The molecule has 0 amide bonds. The van der Waals surface area contributed by atoms with E-state index in [1.807, 2.05) is 12.3 Å². The summed E-state index contributed by atoms with van der Waals surface area (Å²) in [4.78, 5) is 8.10. The van der Waals surface area contributed by atoms with Gasteiger partial charge >= 0.3 is 6.18 Å². The highest BCUT2D eigenvalue weighted by Crippen LogP contribution is 2.40. The summed E-state index contributed by atoms with van der Waals surface area (Å²) < 4.78 is 42.9. The second-order valence-corrected chi connectivity index (χ2v) is 6.97. The molecule has 1 fully saturated rings. The molecule has 130 valence electrons. The highest BCUT2D eigenvalue weighted by molar-refractivity contribution is 9.10. The van der Waals surface area contributed by atoms with Crippen LogP contribution in [0.15, 0.2) is 47.5 Å². The predicted octanol–water partition coefficient (Wildman–Crippen LogP) is 5.08. The first-order valence-corrected chi connectivity index (χ1v) is 8.63. The molecular weight excluding hydrogens is 397 g/mol. The molecular formula is C17H14BrF3N4. The number of alkyl halides is 3. The van der Waals surface area contributed by atoms with Crippen LogP contribution in [0.2, 0.25) is 0 Å². The molecule has 1 atom stereocenters. The first-order valence-electron chi connectivity index (χ1n) is 7.83. The Morgan fingerprint density at radius 3 is 2.68 bits per heavy atom. The lowest BCUT2D eigenvalue weighted by molar-refractivity contribution is -0.144.